The lowest BCUT2D eigenvalue weighted by molar-refractivity contribution is -0.140. The van der Waals surface area contributed by atoms with Crippen molar-refractivity contribution < 1.29 is 28.2 Å². The zero-order chi connectivity index (χ0) is 15.8. The first-order valence-electron chi connectivity index (χ1n) is 6.33. The first kappa shape index (κ1) is 15.5. The van der Waals surface area contributed by atoms with Gasteiger partial charge in [0.05, 0.1) is 10.5 Å². The predicted octanol–water partition coefficient (Wildman–Crippen LogP) is 0.931. The topological polar surface area (TPSA) is 112 Å². The summed E-state index contributed by atoms with van der Waals surface area (Å²) in [7, 11) is -4.03. The lowest BCUT2D eigenvalue weighted by Crippen LogP contribution is -2.40. The molecule has 1 aromatic rings. The summed E-state index contributed by atoms with van der Waals surface area (Å²) >= 11 is 0. The van der Waals surface area contributed by atoms with Gasteiger partial charge in [-0.2, -0.15) is 4.31 Å². The summed E-state index contributed by atoms with van der Waals surface area (Å²) in [4.78, 5) is 22.0. The van der Waals surface area contributed by atoms with Crippen LogP contribution in [0.4, 0.5) is 0 Å². The monoisotopic (exact) mass is 313 g/mol. The van der Waals surface area contributed by atoms with Gasteiger partial charge in [0.2, 0.25) is 10.0 Å². The first-order valence-corrected chi connectivity index (χ1v) is 7.77. The Balaban J connectivity index is 2.51. The number of rotatable bonds is 4. The molecular weight excluding hydrogens is 298 g/mol. The van der Waals surface area contributed by atoms with Crippen LogP contribution in [0.15, 0.2) is 23.1 Å². The van der Waals surface area contributed by atoms with Gasteiger partial charge in [-0.15, -0.1) is 0 Å². The zero-order valence-electron chi connectivity index (χ0n) is 11.3. The Bertz CT molecular complexity index is 697. The standard InChI is InChI=1S/C13H15NO6S/c1-8-4-5-9(12(15)16)7-11(8)21(19,20)14-6-2-3-10(14)13(17)18/h4-5,7,10H,2-3,6H2,1H3,(H,15,16)(H,17,18). The van der Waals surface area contributed by atoms with Crippen LogP contribution in [0.1, 0.15) is 28.8 Å². The van der Waals surface area contributed by atoms with Crippen LogP contribution in [0.2, 0.25) is 0 Å². The van der Waals surface area contributed by atoms with Crippen molar-refractivity contribution in [1.82, 2.24) is 4.31 Å². The van der Waals surface area contributed by atoms with Crippen LogP contribution in [0.25, 0.3) is 0 Å². The molecule has 1 fully saturated rings. The van der Waals surface area contributed by atoms with Gasteiger partial charge in [-0.25, -0.2) is 13.2 Å². The van der Waals surface area contributed by atoms with Crippen LogP contribution in [0.3, 0.4) is 0 Å². The molecule has 21 heavy (non-hydrogen) atoms. The van der Waals surface area contributed by atoms with Gasteiger partial charge in [-0.1, -0.05) is 6.07 Å². The van der Waals surface area contributed by atoms with Gasteiger partial charge < -0.3 is 10.2 Å². The molecule has 0 amide bonds. The van der Waals surface area contributed by atoms with E-state index in [2.05, 4.69) is 0 Å². The van der Waals surface area contributed by atoms with Gasteiger partial charge in [0.25, 0.3) is 0 Å². The van der Waals surface area contributed by atoms with E-state index in [1.165, 1.54) is 12.1 Å². The number of carboxylic acid groups (broad SMARTS) is 2. The maximum atomic E-state index is 12.6. The minimum absolute atomic E-state index is 0.121. The lowest BCUT2D eigenvalue weighted by atomic mass is 10.1. The Morgan fingerprint density at radius 2 is 1.95 bits per heavy atom. The second-order valence-corrected chi connectivity index (χ2v) is 6.76. The number of sulfonamides is 1. The highest BCUT2D eigenvalue weighted by atomic mass is 32.2. The molecule has 1 unspecified atom stereocenters. The molecule has 0 aromatic heterocycles. The van der Waals surface area contributed by atoms with Crippen LogP contribution in [-0.4, -0.2) is 47.5 Å². The molecule has 0 aliphatic carbocycles. The fourth-order valence-corrected chi connectivity index (χ4v) is 4.32. The van der Waals surface area contributed by atoms with Gasteiger partial charge in [0.15, 0.2) is 0 Å². The number of nitrogens with zero attached hydrogens (tertiary/aromatic N) is 1. The Labute approximate surface area is 121 Å². The SMILES string of the molecule is Cc1ccc(C(=O)O)cc1S(=O)(=O)N1CCCC1C(=O)O. The van der Waals surface area contributed by atoms with Crippen molar-refractivity contribution in [2.24, 2.45) is 0 Å². The van der Waals surface area contributed by atoms with E-state index in [0.717, 1.165) is 10.4 Å². The van der Waals surface area contributed by atoms with Crippen molar-refractivity contribution in [3.8, 4) is 0 Å². The number of hydrogen-bond donors (Lipinski definition) is 2. The molecule has 1 aliphatic rings. The van der Waals surface area contributed by atoms with E-state index in [0.29, 0.717) is 12.0 Å². The summed E-state index contributed by atoms with van der Waals surface area (Å²) in [5, 5.41) is 18.1. The predicted molar refractivity (Wildman–Crippen MR) is 72.7 cm³/mol. The van der Waals surface area contributed by atoms with E-state index in [4.69, 9.17) is 10.2 Å². The zero-order valence-corrected chi connectivity index (χ0v) is 12.1. The number of benzene rings is 1. The molecule has 0 spiro atoms. The average Bonchev–Trinajstić information content (AvgIpc) is 2.88. The van der Waals surface area contributed by atoms with Crippen molar-refractivity contribution >= 4 is 22.0 Å². The summed E-state index contributed by atoms with van der Waals surface area (Å²) in [6, 6.07) is 2.70. The molecule has 2 N–H and O–H groups in total. The summed E-state index contributed by atoms with van der Waals surface area (Å²) in [6.07, 6.45) is 0.722. The summed E-state index contributed by atoms with van der Waals surface area (Å²) in [5.41, 5.74) is 0.237. The largest absolute Gasteiger partial charge is 0.480 e. The van der Waals surface area contributed by atoms with Gasteiger partial charge in [0, 0.05) is 6.54 Å². The quantitative estimate of drug-likeness (QED) is 0.855. The molecule has 0 radical (unpaired) electrons. The molecule has 1 heterocycles. The minimum Gasteiger partial charge on any atom is -0.480 e. The van der Waals surface area contributed by atoms with E-state index in [9.17, 15) is 18.0 Å². The van der Waals surface area contributed by atoms with Crippen LogP contribution < -0.4 is 0 Å². The fourth-order valence-electron chi connectivity index (χ4n) is 2.41. The minimum atomic E-state index is -4.03. The summed E-state index contributed by atoms with van der Waals surface area (Å²) in [6.45, 7) is 1.67. The summed E-state index contributed by atoms with van der Waals surface area (Å²) in [5.74, 6) is -2.43. The molecular formula is C13H15NO6S. The van der Waals surface area contributed by atoms with E-state index in [1.807, 2.05) is 0 Å². The van der Waals surface area contributed by atoms with Crippen LogP contribution in [-0.2, 0) is 14.8 Å². The average molecular weight is 313 g/mol. The number of aryl methyl sites for hydroxylation is 1. The molecule has 2 rings (SSSR count). The van der Waals surface area contributed by atoms with Crippen LogP contribution >= 0.6 is 0 Å². The van der Waals surface area contributed by atoms with Crippen LogP contribution in [0, 0.1) is 6.92 Å². The van der Waals surface area contributed by atoms with Gasteiger partial charge in [-0.05, 0) is 37.5 Å². The van der Waals surface area contributed by atoms with Gasteiger partial charge in [-0.3, -0.25) is 4.79 Å². The fraction of sp³-hybridized carbons (Fsp3) is 0.385. The Hall–Kier alpha value is -1.93. The Morgan fingerprint density at radius 1 is 1.29 bits per heavy atom. The van der Waals surface area contributed by atoms with E-state index < -0.39 is 28.0 Å². The second-order valence-electron chi connectivity index (χ2n) is 4.90. The second kappa shape index (κ2) is 5.45. The number of aliphatic carboxylic acids is 1. The molecule has 1 saturated heterocycles. The number of carbonyl (C=O) groups is 2. The highest BCUT2D eigenvalue weighted by molar-refractivity contribution is 7.89. The molecule has 0 saturated carbocycles. The highest BCUT2D eigenvalue weighted by Crippen LogP contribution is 2.28. The maximum absolute atomic E-state index is 12.6. The van der Waals surface area contributed by atoms with Crippen molar-refractivity contribution in [1.29, 1.82) is 0 Å². The smallest absolute Gasteiger partial charge is 0.335 e. The number of hydrogen-bond acceptors (Lipinski definition) is 4. The van der Waals surface area contributed by atoms with Crippen LogP contribution in [0.5, 0.6) is 0 Å². The maximum Gasteiger partial charge on any atom is 0.335 e. The van der Waals surface area contributed by atoms with Gasteiger partial charge in [0.1, 0.15) is 6.04 Å². The van der Waals surface area contributed by atoms with E-state index >= 15 is 0 Å². The molecule has 114 valence electrons. The molecule has 1 aromatic carbocycles. The number of carboxylic acids is 2. The third-order valence-electron chi connectivity index (χ3n) is 3.51. The van der Waals surface area contributed by atoms with E-state index in [1.54, 1.807) is 6.92 Å². The molecule has 1 atom stereocenters. The molecule has 0 bridgehead atoms. The molecule has 7 nitrogen and oxygen atoms in total. The van der Waals surface area contributed by atoms with Crippen molar-refractivity contribution in [2.75, 3.05) is 6.54 Å². The summed E-state index contributed by atoms with van der Waals surface area (Å²) < 4.78 is 26.2. The van der Waals surface area contributed by atoms with Crippen molar-refractivity contribution in [3.63, 3.8) is 0 Å². The van der Waals surface area contributed by atoms with Crippen molar-refractivity contribution in [2.45, 2.75) is 30.7 Å². The van der Waals surface area contributed by atoms with Gasteiger partial charge >= 0.3 is 11.9 Å². The molecule has 8 heteroatoms. The third-order valence-corrected chi connectivity index (χ3v) is 5.56. The number of aromatic carboxylic acids is 1. The lowest BCUT2D eigenvalue weighted by Gasteiger charge is -2.22. The molecule has 1 aliphatic heterocycles. The first-order chi connectivity index (χ1) is 9.75. The van der Waals surface area contributed by atoms with E-state index in [-0.39, 0.29) is 23.4 Å². The van der Waals surface area contributed by atoms with Crippen molar-refractivity contribution in [3.05, 3.63) is 29.3 Å². The third kappa shape index (κ3) is 2.77. The highest BCUT2D eigenvalue weighted by Gasteiger charge is 2.40. The Kier molecular flexibility index (Phi) is 4.02. The normalized spacial score (nSPS) is 19.6. The Morgan fingerprint density at radius 3 is 2.52 bits per heavy atom.